The first kappa shape index (κ1) is 17.4. The highest BCUT2D eigenvalue weighted by Gasteiger charge is 2.15. The van der Waals surface area contributed by atoms with Crippen LogP contribution in [0.2, 0.25) is 0 Å². The Morgan fingerprint density at radius 2 is 1.93 bits per heavy atom. The van der Waals surface area contributed by atoms with Crippen LogP contribution in [0, 0.1) is 11.3 Å². The molecule has 4 aromatic rings. The van der Waals surface area contributed by atoms with Crippen molar-refractivity contribution < 1.29 is 0 Å². The van der Waals surface area contributed by atoms with Crippen molar-refractivity contribution in [3.05, 3.63) is 78.3 Å². The summed E-state index contributed by atoms with van der Waals surface area (Å²) in [5.74, 6) is 0. The van der Waals surface area contributed by atoms with Crippen LogP contribution in [0.5, 0.6) is 0 Å². The van der Waals surface area contributed by atoms with Crippen LogP contribution in [0.1, 0.15) is 17.7 Å². The van der Waals surface area contributed by atoms with E-state index in [-0.39, 0.29) is 0 Å². The van der Waals surface area contributed by atoms with Gasteiger partial charge in [-0.15, -0.1) is 0 Å². The molecule has 0 unspecified atom stereocenters. The Labute approximate surface area is 168 Å². The molecule has 3 aromatic heterocycles. The fourth-order valence-electron chi connectivity index (χ4n) is 3.77. The lowest BCUT2D eigenvalue weighted by molar-refractivity contribution is 0.737. The molecule has 2 N–H and O–H groups in total. The highest BCUT2D eigenvalue weighted by Crippen LogP contribution is 2.30. The van der Waals surface area contributed by atoms with E-state index in [1.54, 1.807) is 6.20 Å². The fourth-order valence-corrected chi connectivity index (χ4v) is 3.77. The lowest BCUT2D eigenvalue weighted by Gasteiger charge is -2.13. The van der Waals surface area contributed by atoms with Gasteiger partial charge in [-0.3, -0.25) is 9.97 Å². The summed E-state index contributed by atoms with van der Waals surface area (Å²) in [7, 11) is 0. The summed E-state index contributed by atoms with van der Waals surface area (Å²) in [6, 6.07) is 18.4. The number of pyridine rings is 2. The Bertz CT molecular complexity index is 1280. The Morgan fingerprint density at radius 1 is 1.00 bits per heavy atom. The summed E-state index contributed by atoms with van der Waals surface area (Å²) < 4.78 is 0. The predicted octanol–water partition coefficient (Wildman–Crippen LogP) is 4.54. The molecule has 4 heterocycles. The molecule has 0 saturated heterocycles. The molecule has 0 saturated carbocycles. The first-order valence-corrected chi connectivity index (χ1v) is 9.66. The highest BCUT2D eigenvalue weighted by atomic mass is 14.9. The van der Waals surface area contributed by atoms with Crippen LogP contribution < -0.4 is 5.32 Å². The van der Waals surface area contributed by atoms with Crippen LogP contribution in [-0.4, -0.2) is 28.0 Å². The average molecular weight is 377 g/mol. The number of aromatic nitrogens is 3. The molecule has 0 aliphatic carbocycles. The van der Waals surface area contributed by atoms with Gasteiger partial charge in [-0.25, -0.2) is 0 Å². The number of nitrogens with one attached hydrogen (secondary N) is 2. The van der Waals surface area contributed by atoms with E-state index in [4.69, 9.17) is 0 Å². The summed E-state index contributed by atoms with van der Waals surface area (Å²) in [5.41, 5.74) is 7.52. The number of nitrogens with zero attached hydrogens (tertiary/aromatic N) is 3. The second-order valence-electron chi connectivity index (χ2n) is 7.11. The number of hydrogen-bond donors (Lipinski definition) is 2. The molecule has 1 aliphatic heterocycles. The Hall–Kier alpha value is -3.75. The minimum atomic E-state index is 0.680. The number of aromatic amines is 1. The molecule has 0 radical (unpaired) electrons. The van der Waals surface area contributed by atoms with Crippen LogP contribution in [-0.2, 0) is 0 Å². The maximum atomic E-state index is 9.61. The zero-order valence-corrected chi connectivity index (χ0v) is 15.8. The van der Waals surface area contributed by atoms with Crippen LogP contribution >= 0.6 is 0 Å². The van der Waals surface area contributed by atoms with Crippen molar-refractivity contribution in [2.24, 2.45) is 0 Å². The van der Waals surface area contributed by atoms with Crippen molar-refractivity contribution >= 4 is 16.5 Å². The molecule has 140 valence electrons. The van der Waals surface area contributed by atoms with E-state index in [0.29, 0.717) is 5.56 Å². The number of nitriles is 1. The SMILES string of the molecule is N#Cc1cc(-c2ccnc(-c3cnc4ccccc4c3)c2)[nH]c1C1=CCNCC1. The van der Waals surface area contributed by atoms with E-state index in [2.05, 4.69) is 44.5 Å². The molecule has 0 spiro atoms. The normalized spacial score (nSPS) is 13.8. The van der Waals surface area contributed by atoms with Crippen LogP contribution in [0.15, 0.2) is 67.0 Å². The topological polar surface area (TPSA) is 77.4 Å². The number of para-hydroxylation sites is 1. The van der Waals surface area contributed by atoms with Gasteiger partial charge in [0.2, 0.25) is 0 Å². The first-order chi connectivity index (χ1) is 14.3. The van der Waals surface area contributed by atoms with Gasteiger partial charge in [0.05, 0.1) is 22.5 Å². The minimum Gasteiger partial charge on any atom is -0.354 e. The maximum Gasteiger partial charge on any atom is 0.101 e. The molecule has 0 fully saturated rings. The highest BCUT2D eigenvalue weighted by molar-refractivity contribution is 5.83. The van der Waals surface area contributed by atoms with Crippen molar-refractivity contribution in [2.45, 2.75) is 6.42 Å². The molecule has 0 amide bonds. The molecule has 5 rings (SSSR count). The molecule has 5 heteroatoms. The Kier molecular flexibility index (Phi) is 4.39. The van der Waals surface area contributed by atoms with Gasteiger partial charge in [0, 0.05) is 41.1 Å². The molecule has 1 aliphatic rings. The van der Waals surface area contributed by atoms with E-state index in [1.165, 1.54) is 5.57 Å². The van der Waals surface area contributed by atoms with E-state index in [0.717, 1.165) is 58.6 Å². The number of fused-ring (bicyclic) bond motifs is 1. The molecule has 1 aromatic carbocycles. The van der Waals surface area contributed by atoms with Gasteiger partial charge in [-0.2, -0.15) is 5.26 Å². The third-order valence-corrected chi connectivity index (χ3v) is 5.28. The smallest absolute Gasteiger partial charge is 0.101 e. The zero-order chi connectivity index (χ0) is 19.6. The molecule has 0 atom stereocenters. The van der Waals surface area contributed by atoms with E-state index in [9.17, 15) is 5.26 Å². The van der Waals surface area contributed by atoms with Gasteiger partial charge in [-0.05, 0) is 48.9 Å². The maximum absolute atomic E-state index is 9.61. The lowest BCUT2D eigenvalue weighted by atomic mass is 10.0. The summed E-state index contributed by atoms with van der Waals surface area (Å²) >= 11 is 0. The largest absolute Gasteiger partial charge is 0.354 e. The first-order valence-electron chi connectivity index (χ1n) is 9.66. The summed E-state index contributed by atoms with van der Waals surface area (Å²) in [6.45, 7) is 1.77. The fraction of sp³-hybridized carbons (Fsp3) is 0.125. The van der Waals surface area contributed by atoms with Crippen LogP contribution in [0.3, 0.4) is 0 Å². The predicted molar refractivity (Wildman–Crippen MR) is 115 cm³/mol. The molecule has 5 nitrogen and oxygen atoms in total. The zero-order valence-electron chi connectivity index (χ0n) is 15.8. The van der Waals surface area contributed by atoms with Crippen molar-refractivity contribution in [3.63, 3.8) is 0 Å². The average Bonchev–Trinajstić information content (AvgIpc) is 3.24. The number of H-pyrrole nitrogens is 1. The van der Waals surface area contributed by atoms with Gasteiger partial charge in [0.1, 0.15) is 6.07 Å². The monoisotopic (exact) mass is 377 g/mol. The Balaban J connectivity index is 1.55. The van der Waals surface area contributed by atoms with Gasteiger partial charge in [0.15, 0.2) is 0 Å². The molecular weight excluding hydrogens is 358 g/mol. The van der Waals surface area contributed by atoms with Crippen molar-refractivity contribution in [2.75, 3.05) is 13.1 Å². The van der Waals surface area contributed by atoms with E-state index >= 15 is 0 Å². The van der Waals surface area contributed by atoms with E-state index < -0.39 is 0 Å². The van der Waals surface area contributed by atoms with Gasteiger partial charge in [-0.1, -0.05) is 24.3 Å². The third-order valence-electron chi connectivity index (χ3n) is 5.28. The summed E-state index contributed by atoms with van der Waals surface area (Å²) in [4.78, 5) is 12.6. The minimum absolute atomic E-state index is 0.680. The third kappa shape index (κ3) is 3.31. The second kappa shape index (κ2) is 7.34. The van der Waals surface area contributed by atoms with Crippen molar-refractivity contribution in [1.82, 2.24) is 20.3 Å². The van der Waals surface area contributed by atoms with Gasteiger partial charge < -0.3 is 10.3 Å². The number of hydrogen-bond acceptors (Lipinski definition) is 4. The molecule has 0 bridgehead atoms. The van der Waals surface area contributed by atoms with Gasteiger partial charge >= 0.3 is 0 Å². The Morgan fingerprint density at radius 3 is 2.79 bits per heavy atom. The van der Waals surface area contributed by atoms with Gasteiger partial charge in [0.25, 0.3) is 0 Å². The standard InChI is InChI=1S/C24H19N5/c25-14-19-13-23(29-24(19)16-5-8-26-9-6-16)18-7-10-27-22(12-18)20-11-17-3-1-2-4-21(17)28-15-20/h1-5,7,10-13,15,26,29H,6,8-9H2. The lowest BCUT2D eigenvalue weighted by Crippen LogP contribution is -2.20. The number of rotatable bonds is 3. The van der Waals surface area contributed by atoms with Crippen molar-refractivity contribution in [3.8, 4) is 28.6 Å². The van der Waals surface area contributed by atoms with Crippen LogP contribution in [0.25, 0.3) is 39.0 Å². The van der Waals surface area contributed by atoms with E-state index in [1.807, 2.05) is 42.6 Å². The number of benzene rings is 1. The summed E-state index contributed by atoms with van der Waals surface area (Å²) in [6.07, 6.45) is 6.73. The van der Waals surface area contributed by atoms with Crippen LogP contribution in [0.4, 0.5) is 0 Å². The summed E-state index contributed by atoms with van der Waals surface area (Å²) in [5, 5.41) is 14.0. The molecular formula is C24H19N5. The second-order valence-corrected chi connectivity index (χ2v) is 7.11. The molecule has 29 heavy (non-hydrogen) atoms. The van der Waals surface area contributed by atoms with Crippen molar-refractivity contribution in [1.29, 1.82) is 5.26 Å². The quantitative estimate of drug-likeness (QED) is 0.549.